The first-order valence-corrected chi connectivity index (χ1v) is 8.41. The summed E-state index contributed by atoms with van der Waals surface area (Å²) in [5.74, 6) is 0.756. The van der Waals surface area contributed by atoms with E-state index in [0.717, 1.165) is 22.0 Å². The van der Waals surface area contributed by atoms with Crippen LogP contribution in [0.5, 0.6) is 0 Å². The molecule has 9 heteroatoms. The van der Waals surface area contributed by atoms with Crippen LogP contribution in [0.1, 0.15) is 5.76 Å². The Balaban J connectivity index is 1.92. The highest BCUT2D eigenvalue weighted by Gasteiger charge is 2.14. The molecule has 1 N–H and O–H groups in total. The number of aromatic nitrogens is 2. The fourth-order valence-corrected chi connectivity index (χ4v) is 3.53. The van der Waals surface area contributed by atoms with Crippen LogP contribution < -0.4 is 5.32 Å². The summed E-state index contributed by atoms with van der Waals surface area (Å²) < 4.78 is 15.4. The molecular formula is C11H5Br2Cl2N3OS. The zero-order chi connectivity index (χ0) is 14.3. The number of hydrogen-bond acceptors (Lipinski definition) is 5. The molecule has 0 aliphatic heterocycles. The van der Waals surface area contributed by atoms with Crippen LogP contribution in [0.4, 0.5) is 5.69 Å². The molecule has 0 amide bonds. The summed E-state index contributed by atoms with van der Waals surface area (Å²) in [5.41, 5.74) is 2.01. The molecule has 20 heavy (non-hydrogen) atoms. The number of hydrogen-bond donors (Lipinski definition) is 1. The van der Waals surface area contributed by atoms with Crippen LogP contribution in [0.15, 0.2) is 25.7 Å². The number of nitrogens with one attached hydrogen (secondary N) is 1. The smallest absolute Gasteiger partial charge is 0.183 e. The van der Waals surface area contributed by atoms with E-state index >= 15 is 0 Å². The van der Waals surface area contributed by atoms with Crippen molar-refractivity contribution in [2.75, 3.05) is 5.32 Å². The molecule has 3 aromatic rings. The second kappa shape index (κ2) is 5.81. The van der Waals surface area contributed by atoms with Gasteiger partial charge in [-0.05, 0) is 44.0 Å². The van der Waals surface area contributed by atoms with Crippen molar-refractivity contribution in [3.05, 3.63) is 37.1 Å². The Hall–Kier alpha value is -0.340. The van der Waals surface area contributed by atoms with Crippen LogP contribution in [0.2, 0.25) is 10.0 Å². The van der Waals surface area contributed by atoms with Gasteiger partial charge in [0.1, 0.15) is 16.8 Å². The number of furan rings is 1. The molecule has 0 fully saturated rings. The Morgan fingerprint density at radius 3 is 2.60 bits per heavy atom. The molecule has 0 spiro atoms. The van der Waals surface area contributed by atoms with Crippen LogP contribution in [-0.4, -0.2) is 8.75 Å². The first kappa shape index (κ1) is 14.6. The Labute approximate surface area is 145 Å². The molecule has 0 aliphatic rings. The third kappa shape index (κ3) is 2.69. The third-order valence-corrected chi connectivity index (χ3v) is 5.40. The molecular weight excluding hydrogens is 453 g/mol. The first-order valence-electron chi connectivity index (χ1n) is 5.34. The lowest BCUT2D eigenvalue weighted by Crippen LogP contribution is -2.00. The topological polar surface area (TPSA) is 51.0 Å². The van der Waals surface area contributed by atoms with E-state index < -0.39 is 0 Å². The third-order valence-electron chi connectivity index (χ3n) is 2.58. The second-order valence-electron chi connectivity index (χ2n) is 3.86. The van der Waals surface area contributed by atoms with E-state index in [1.807, 2.05) is 6.07 Å². The lowest BCUT2D eigenvalue weighted by molar-refractivity contribution is 0.494. The first-order chi connectivity index (χ1) is 9.56. The van der Waals surface area contributed by atoms with E-state index in [2.05, 4.69) is 45.9 Å². The fourth-order valence-electron chi connectivity index (χ4n) is 1.70. The van der Waals surface area contributed by atoms with Crippen molar-refractivity contribution in [3.63, 3.8) is 0 Å². The molecule has 0 unspecified atom stereocenters. The van der Waals surface area contributed by atoms with Gasteiger partial charge in [-0.1, -0.05) is 23.2 Å². The number of fused-ring (bicyclic) bond motifs is 1. The molecule has 0 atom stereocenters. The molecule has 0 saturated carbocycles. The van der Waals surface area contributed by atoms with Crippen molar-refractivity contribution in [2.45, 2.75) is 6.54 Å². The van der Waals surface area contributed by atoms with Gasteiger partial charge >= 0.3 is 0 Å². The van der Waals surface area contributed by atoms with Crippen molar-refractivity contribution in [1.29, 1.82) is 0 Å². The van der Waals surface area contributed by atoms with Gasteiger partial charge in [0.25, 0.3) is 0 Å². The highest BCUT2D eigenvalue weighted by Crippen LogP contribution is 2.36. The van der Waals surface area contributed by atoms with E-state index in [0.29, 0.717) is 38.0 Å². The van der Waals surface area contributed by atoms with Gasteiger partial charge in [0.2, 0.25) is 0 Å². The quantitative estimate of drug-likeness (QED) is 0.545. The molecule has 4 nitrogen and oxygen atoms in total. The number of anilines is 1. The van der Waals surface area contributed by atoms with Gasteiger partial charge in [-0.2, -0.15) is 8.75 Å². The van der Waals surface area contributed by atoms with Crippen molar-refractivity contribution in [2.24, 2.45) is 0 Å². The number of benzene rings is 1. The molecule has 2 heterocycles. The predicted molar refractivity (Wildman–Crippen MR) is 88.9 cm³/mol. The number of rotatable bonds is 3. The highest BCUT2D eigenvalue weighted by molar-refractivity contribution is 9.13. The minimum atomic E-state index is 0.470. The highest BCUT2D eigenvalue weighted by atomic mass is 79.9. The second-order valence-corrected chi connectivity index (χ2v) is 6.78. The molecule has 2 aromatic heterocycles. The minimum absolute atomic E-state index is 0.470. The van der Waals surface area contributed by atoms with Crippen LogP contribution in [0.3, 0.4) is 0 Å². The van der Waals surface area contributed by atoms with Crippen LogP contribution in [0, 0.1) is 0 Å². The monoisotopic (exact) mass is 455 g/mol. The maximum Gasteiger partial charge on any atom is 0.183 e. The minimum Gasteiger partial charge on any atom is -0.451 e. The average Bonchev–Trinajstić information content (AvgIpc) is 2.97. The van der Waals surface area contributed by atoms with Gasteiger partial charge in [-0.15, -0.1) is 0 Å². The molecule has 0 aliphatic carbocycles. The van der Waals surface area contributed by atoms with Gasteiger partial charge in [-0.25, -0.2) is 0 Å². The maximum atomic E-state index is 6.21. The number of halogens is 4. The summed E-state index contributed by atoms with van der Waals surface area (Å²) in [6, 6.07) is 3.53. The van der Waals surface area contributed by atoms with Crippen LogP contribution in [-0.2, 0) is 6.54 Å². The summed E-state index contributed by atoms with van der Waals surface area (Å²) >= 11 is 20.0. The van der Waals surface area contributed by atoms with Crippen molar-refractivity contribution >= 4 is 83.5 Å². The van der Waals surface area contributed by atoms with Crippen molar-refractivity contribution < 1.29 is 4.42 Å². The largest absolute Gasteiger partial charge is 0.451 e. The summed E-state index contributed by atoms with van der Waals surface area (Å²) in [4.78, 5) is 0. The zero-order valence-electron chi connectivity index (χ0n) is 9.58. The van der Waals surface area contributed by atoms with Crippen molar-refractivity contribution in [3.8, 4) is 0 Å². The average molecular weight is 458 g/mol. The predicted octanol–water partition coefficient (Wildman–Crippen LogP) is 5.73. The van der Waals surface area contributed by atoms with Gasteiger partial charge in [0, 0.05) is 0 Å². The Bertz CT molecular complexity index is 770. The van der Waals surface area contributed by atoms with E-state index in [-0.39, 0.29) is 0 Å². The van der Waals surface area contributed by atoms with E-state index in [4.69, 9.17) is 27.6 Å². The summed E-state index contributed by atoms with van der Waals surface area (Å²) in [6.07, 6.45) is 0. The summed E-state index contributed by atoms with van der Waals surface area (Å²) in [6.45, 7) is 0.470. The molecule has 104 valence electrons. The molecule has 3 rings (SSSR count). The Morgan fingerprint density at radius 1 is 1.15 bits per heavy atom. The number of nitrogens with zero attached hydrogens (tertiary/aromatic N) is 2. The lowest BCUT2D eigenvalue weighted by atomic mass is 10.2. The van der Waals surface area contributed by atoms with E-state index in [1.165, 1.54) is 0 Å². The van der Waals surface area contributed by atoms with Crippen LogP contribution >= 0.6 is 66.8 Å². The molecule has 0 radical (unpaired) electrons. The Morgan fingerprint density at radius 2 is 1.90 bits per heavy atom. The summed E-state index contributed by atoms with van der Waals surface area (Å²) in [5, 5.41) is 4.20. The van der Waals surface area contributed by atoms with Gasteiger partial charge < -0.3 is 9.73 Å². The summed E-state index contributed by atoms with van der Waals surface area (Å²) in [7, 11) is 0. The Kier molecular flexibility index (Phi) is 4.24. The lowest BCUT2D eigenvalue weighted by Gasteiger charge is -2.08. The van der Waals surface area contributed by atoms with E-state index in [9.17, 15) is 0 Å². The molecule has 1 aromatic carbocycles. The van der Waals surface area contributed by atoms with Gasteiger partial charge in [0.15, 0.2) is 4.67 Å². The molecule has 0 saturated heterocycles. The standard InChI is InChI=1S/C11H5Br2Cl2N3OS/c12-5-1-4(19-11(5)13)3-16-8-6(14)2-7(15)9-10(8)18-20-17-9/h1-2,16H,3H2. The van der Waals surface area contributed by atoms with Gasteiger partial charge in [-0.3, -0.25) is 0 Å². The maximum absolute atomic E-state index is 6.21. The van der Waals surface area contributed by atoms with E-state index in [1.54, 1.807) is 6.07 Å². The fraction of sp³-hybridized carbons (Fsp3) is 0.0909. The molecule has 0 bridgehead atoms. The van der Waals surface area contributed by atoms with Crippen LogP contribution in [0.25, 0.3) is 11.0 Å². The zero-order valence-corrected chi connectivity index (χ0v) is 15.1. The van der Waals surface area contributed by atoms with Gasteiger partial charge in [0.05, 0.1) is 38.5 Å². The van der Waals surface area contributed by atoms with Crippen molar-refractivity contribution in [1.82, 2.24) is 8.75 Å². The normalized spacial score (nSPS) is 11.2. The SMILES string of the molecule is Clc1cc(Cl)c2nsnc2c1NCc1cc(Br)c(Br)o1.